The van der Waals surface area contributed by atoms with Gasteiger partial charge < -0.3 is 10.4 Å². The summed E-state index contributed by atoms with van der Waals surface area (Å²) in [6, 6.07) is 19.5. The summed E-state index contributed by atoms with van der Waals surface area (Å²) < 4.78 is 0. The topological polar surface area (TPSA) is 88.3 Å². The van der Waals surface area contributed by atoms with Crippen molar-refractivity contribution in [1.82, 2.24) is 4.98 Å². The van der Waals surface area contributed by atoms with Gasteiger partial charge in [0, 0.05) is 17.3 Å². The van der Waals surface area contributed by atoms with Crippen LogP contribution < -0.4 is 5.32 Å². The molecule has 0 fully saturated rings. The normalized spacial score (nSPS) is 10.4. The number of aliphatic hydroxyl groups excluding tert-OH is 1. The average Bonchev–Trinajstić information content (AvgIpc) is 2.63. The van der Waals surface area contributed by atoms with Crippen LogP contribution >= 0.6 is 0 Å². The molecule has 120 valence electrons. The molecule has 6 heteroatoms. The second kappa shape index (κ2) is 6.89. The molecule has 3 rings (SSSR count). The van der Waals surface area contributed by atoms with Gasteiger partial charge in [0.1, 0.15) is 0 Å². The van der Waals surface area contributed by atoms with Crippen LogP contribution in [0.2, 0.25) is 0 Å². The van der Waals surface area contributed by atoms with Crippen molar-refractivity contribution in [2.75, 3.05) is 5.32 Å². The van der Waals surface area contributed by atoms with Gasteiger partial charge in [0.25, 0.3) is 0 Å². The van der Waals surface area contributed by atoms with Crippen LogP contribution in [0, 0.1) is 10.1 Å². The third-order valence-electron chi connectivity index (χ3n) is 3.54. The molecule has 0 aliphatic carbocycles. The molecule has 6 nitrogen and oxygen atoms in total. The van der Waals surface area contributed by atoms with Crippen molar-refractivity contribution in [2.45, 2.75) is 6.61 Å². The van der Waals surface area contributed by atoms with Gasteiger partial charge in [0.2, 0.25) is 5.82 Å². The van der Waals surface area contributed by atoms with Crippen molar-refractivity contribution >= 4 is 17.2 Å². The summed E-state index contributed by atoms with van der Waals surface area (Å²) in [7, 11) is 0. The Labute approximate surface area is 138 Å². The highest BCUT2D eigenvalue weighted by molar-refractivity contribution is 5.70. The van der Waals surface area contributed by atoms with Crippen LogP contribution in [0.3, 0.4) is 0 Å². The Kier molecular flexibility index (Phi) is 4.49. The number of pyridine rings is 1. The minimum Gasteiger partial charge on any atom is -0.392 e. The molecule has 0 unspecified atom stereocenters. The monoisotopic (exact) mass is 321 g/mol. The van der Waals surface area contributed by atoms with Gasteiger partial charge >= 0.3 is 5.69 Å². The van der Waals surface area contributed by atoms with E-state index in [4.69, 9.17) is 5.11 Å². The first-order valence-electron chi connectivity index (χ1n) is 7.35. The van der Waals surface area contributed by atoms with E-state index in [0.717, 1.165) is 11.1 Å². The highest BCUT2D eigenvalue weighted by atomic mass is 16.6. The van der Waals surface area contributed by atoms with E-state index in [-0.39, 0.29) is 18.1 Å². The van der Waals surface area contributed by atoms with E-state index >= 15 is 0 Å². The molecule has 2 N–H and O–H groups in total. The lowest BCUT2D eigenvalue weighted by Crippen LogP contribution is -2.01. The van der Waals surface area contributed by atoms with Gasteiger partial charge in [-0.3, -0.25) is 10.1 Å². The summed E-state index contributed by atoms with van der Waals surface area (Å²) in [4.78, 5) is 15.2. The SMILES string of the molecule is O=[N+]([O-])c1ccc(-c2ccccc2)nc1Nc1ccc(CO)cc1. The van der Waals surface area contributed by atoms with Crippen LogP contribution in [0.15, 0.2) is 66.7 Å². The first-order valence-corrected chi connectivity index (χ1v) is 7.35. The first-order chi connectivity index (χ1) is 11.7. The van der Waals surface area contributed by atoms with Gasteiger partial charge in [-0.1, -0.05) is 42.5 Å². The number of aromatic nitrogens is 1. The molecule has 0 atom stereocenters. The highest BCUT2D eigenvalue weighted by Crippen LogP contribution is 2.29. The molecule has 0 aliphatic rings. The van der Waals surface area contributed by atoms with Gasteiger partial charge in [-0.05, 0) is 23.8 Å². The quantitative estimate of drug-likeness (QED) is 0.550. The zero-order chi connectivity index (χ0) is 16.9. The van der Waals surface area contributed by atoms with E-state index in [9.17, 15) is 10.1 Å². The fourth-order valence-corrected chi connectivity index (χ4v) is 2.29. The zero-order valence-electron chi connectivity index (χ0n) is 12.7. The Hall–Kier alpha value is -3.25. The Morgan fingerprint density at radius 3 is 2.33 bits per heavy atom. The summed E-state index contributed by atoms with van der Waals surface area (Å²) in [6.07, 6.45) is 0. The summed E-state index contributed by atoms with van der Waals surface area (Å²) in [5.74, 6) is 0.179. The van der Waals surface area contributed by atoms with Crippen molar-refractivity contribution in [3.8, 4) is 11.3 Å². The minimum absolute atomic E-state index is 0.0534. The van der Waals surface area contributed by atoms with Gasteiger partial charge in [-0.15, -0.1) is 0 Å². The van der Waals surface area contributed by atoms with Crippen molar-refractivity contribution < 1.29 is 10.0 Å². The van der Waals surface area contributed by atoms with Crippen molar-refractivity contribution in [2.24, 2.45) is 0 Å². The number of nitro groups is 1. The molecule has 0 amide bonds. The molecule has 0 radical (unpaired) electrons. The number of anilines is 2. The molecule has 0 aliphatic heterocycles. The molecule has 3 aromatic rings. The van der Waals surface area contributed by atoms with Crippen LogP contribution in [-0.4, -0.2) is 15.0 Å². The van der Waals surface area contributed by atoms with E-state index < -0.39 is 4.92 Å². The van der Waals surface area contributed by atoms with Crippen LogP contribution in [0.4, 0.5) is 17.2 Å². The maximum atomic E-state index is 11.3. The Balaban J connectivity index is 1.98. The zero-order valence-corrected chi connectivity index (χ0v) is 12.7. The number of aliphatic hydroxyl groups is 1. The molecule has 0 bridgehead atoms. The molecule has 2 aromatic carbocycles. The predicted octanol–water partition coefficient (Wildman–Crippen LogP) is 3.89. The summed E-state index contributed by atoms with van der Waals surface area (Å²) in [5, 5.41) is 23.3. The second-order valence-corrected chi connectivity index (χ2v) is 5.17. The van der Waals surface area contributed by atoms with Crippen molar-refractivity contribution in [1.29, 1.82) is 0 Å². The Morgan fingerprint density at radius 2 is 1.71 bits per heavy atom. The standard InChI is InChI=1S/C18H15N3O3/c22-12-13-6-8-15(9-7-13)19-18-17(21(23)24)11-10-16(20-18)14-4-2-1-3-5-14/h1-11,22H,12H2,(H,19,20). The molecule has 1 aromatic heterocycles. The molecular formula is C18H15N3O3. The molecule has 24 heavy (non-hydrogen) atoms. The highest BCUT2D eigenvalue weighted by Gasteiger charge is 2.16. The fourth-order valence-electron chi connectivity index (χ4n) is 2.29. The van der Waals surface area contributed by atoms with E-state index in [0.29, 0.717) is 11.4 Å². The van der Waals surface area contributed by atoms with Gasteiger partial charge in [-0.25, -0.2) is 4.98 Å². The number of hydrogen-bond acceptors (Lipinski definition) is 5. The Morgan fingerprint density at radius 1 is 1.00 bits per heavy atom. The second-order valence-electron chi connectivity index (χ2n) is 5.17. The van der Waals surface area contributed by atoms with Gasteiger partial charge in [0.15, 0.2) is 0 Å². The smallest absolute Gasteiger partial charge is 0.311 e. The number of rotatable bonds is 5. The molecule has 0 spiro atoms. The maximum Gasteiger partial charge on any atom is 0.311 e. The number of hydrogen-bond donors (Lipinski definition) is 2. The molecule has 0 saturated heterocycles. The Bertz CT molecular complexity index is 849. The van der Waals surface area contributed by atoms with E-state index in [1.165, 1.54) is 6.07 Å². The predicted molar refractivity (Wildman–Crippen MR) is 92.0 cm³/mol. The van der Waals surface area contributed by atoms with Gasteiger partial charge in [-0.2, -0.15) is 0 Å². The largest absolute Gasteiger partial charge is 0.392 e. The lowest BCUT2D eigenvalue weighted by molar-refractivity contribution is -0.384. The van der Waals surface area contributed by atoms with E-state index in [1.807, 2.05) is 30.3 Å². The van der Waals surface area contributed by atoms with Crippen LogP contribution in [-0.2, 0) is 6.61 Å². The van der Waals surface area contributed by atoms with E-state index in [1.54, 1.807) is 30.3 Å². The summed E-state index contributed by atoms with van der Waals surface area (Å²) in [5.41, 5.74) is 2.86. The number of benzene rings is 2. The van der Waals surface area contributed by atoms with Crippen LogP contribution in [0.25, 0.3) is 11.3 Å². The van der Waals surface area contributed by atoms with Crippen LogP contribution in [0.1, 0.15) is 5.56 Å². The number of nitrogens with one attached hydrogen (secondary N) is 1. The van der Waals surface area contributed by atoms with Crippen molar-refractivity contribution in [3.63, 3.8) is 0 Å². The van der Waals surface area contributed by atoms with Crippen LogP contribution in [0.5, 0.6) is 0 Å². The molecule has 0 saturated carbocycles. The average molecular weight is 321 g/mol. The van der Waals surface area contributed by atoms with E-state index in [2.05, 4.69) is 10.3 Å². The fraction of sp³-hybridized carbons (Fsp3) is 0.0556. The third-order valence-corrected chi connectivity index (χ3v) is 3.54. The number of nitrogens with zero attached hydrogens (tertiary/aromatic N) is 2. The molecule has 1 heterocycles. The van der Waals surface area contributed by atoms with Crippen molar-refractivity contribution in [3.05, 3.63) is 82.4 Å². The lowest BCUT2D eigenvalue weighted by atomic mass is 10.1. The lowest BCUT2D eigenvalue weighted by Gasteiger charge is -2.09. The van der Waals surface area contributed by atoms with Gasteiger partial charge in [0.05, 0.1) is 17.2 Å². The maximum absolute atomic E-state index is 11.3. The summed E-state index contributed by atoms with van der Waals surface area (Å²) >= 11 is 0. The summed E-state index contributed by atoms with van der Waals surface area (Å²) in [6.45, 7) is -0.0534. The first kappa shape index (κ1) is 15.6. The minimum atomic E-state index is -0.466. The molecular weight excluding hydrogens is 306 g/mol. The third kappa shape index (κ3) is 3.39.